The van der Waals surface area contributed by atoms with E-state index in [9.17, 15) is 39.9 Å². The summed E-state index contributed by atoms with van der Waals surface area (Å²) >= 11 is 0. The third-order valence-electron chi connectivity index (χ3n) is 9.24. The molecule has 4 aliphatic rings. The van der Waals surface area contributed by atoms with Gasteiger partial charge in [0.15, 0.2) is 17.9 Å². The number of aliphatic hydroxyl groups is 3. The number of carbonyl (C=O) groups excluding carboxylic acids is 3. The van der Waals surface area contributed by atoms with Gasteiger partial charge in [0.2, 0.25) is 5.78 Å². The number of phenolic OH excluding ortho intramolecular Hbond substituents is 2. The molecule has 2 aliphatic heterocycles. The van der Waals surface area contributed by atoms with Gasteiger partial charge < -0.3 is 44.5 Å². The van der Waals surface area contributed by atoms with Crippen molar-refractivity contribution >= 4 is 17.3 Å². The van der Waals surface area contributed by atoms with Crippen LogP contribution in [0.3, 0.4) is 0 Å². The number of aliphatic hydroxyl groups excluding tert-OH is 2. The highest BCUT2D eigenvalue weighted by molar-refractivity contribution is 6.31. The molecule has 0 amide bonds. The second-order valence-electron chi connectivity index (χ2n) is 11.7. The van der Waals surface area contributed by atoms with Gasteiger partial charge in [0.1, 0.15) is 29.5 Å². The van der Waals surface area contributed by atoms with Crippen molar-refractivity contribution in [3.05, 3.63) is 51.6 Å². The molecule has 0 spiro atoms. The quantitative estimate of drug-likeness (QED) is 0.240. The smallest absolute Gasteiger partial charge is 0.202 e. The number of methoxy groups -OCH3 is 1. The van der Waals surface area contributed by atoms with Crippen molar-refractivity contribution in [1.29, 1.82) is 0 Å². The van der Waals surface area contributed by atoms with E-state index in [4.69, 9.17) is 18.9 Å². The van der Waals surface area contributed by atoms with E-state index in [1.807, 2.05) is 0 Å². The predicted molar refractivity (Wildman–Crippen MR) is 150 cm³/mol. The molecule has 0 radical (unpaired) electrons. The summed E-state index contributed by atoms with van der Waals surface area (Å²) in [5.41, 5.74) is -3.52. The molecule has 13 nitrogen and oxygen atoms in total. The Morgan fingerprint density at radius 3 is 2.48 bits per heavy atom. The number of carbonyl (C=O) groups is 3. The van der Waals surface area contributed by atoms with Crippen molar-refractivity contribution in [2.75, 3.05) is 40.0 Å². The van der Waals surface area contributed by atoms with Crippen LogP contribution in [0.5, 0.6) is 17.2 Å². The summed E-state index contributed by atoms with van der Waals surface area (Å²) in [6.45, 7) is 2.83. The van der Waals surface area contributed by atoms with Crippen LogP contribution < -0.4 is 4.74 Å². The number of fused-ring (bicyclic) bond motifs is 3. The fourth-order valence-electron chi connectivity index (χ4n) is 6.96. The summed E-state index contributed by atoms with van der Waals surface area (Å²) in [4.78, 5) is 42.3. The van der Waals surface area contributed by atoms with Gasteiger partial charge in [-0.05, 0) is 13.0 Å². The Bertz CT molecular complexity index is 1520. The lowest BCUT2D eigenvalue weighted by Crippen LogP contribution is -2.58. The Balaban J connectivity index is 1.45. The summed E-state index contributed by atoms with van der Waals surface area (Å²) in [5.74, 6) is -3.68. The Morgan fingerprint density at radius 2 is 1.80 bits per heavy atom. The number of ketones is 3. The fraction of sp³-hybridized carbons (Fsp3) is 0.516. The molecule has 2 fully saturated rings. The first-order valence-electron chi connectivity index (χ1n) is 14.5. The molecular weight excluding hydrogens is 578 g/mol. The number of rotatable bonds is 6. The van der Waals surface area contributed by atoms with E-state index in [0.717, 1.165) is 0 Å². The second kappa shape index (κ2) is 11.5. The minimum atomic E-state index is -2.24. The molecule has 2 heterocycles. The molecule has 13 heteroatoms. The number of morpholine rings is 1. The molecule has 2 aliphatic carbocycles. The lowest BCUT2D eigenvalue weighted by Gasteiger charge is -2.46. The van der Waals surface area contributed by atoms with Crippen LogP contribution in [0, 0.1) is 0 Å². The normalized spacial score (nSPS) is 30.3. The molecule has 44 heavy (non-hydrogen) atoms. The maximum Gasteiger partial charge on any atom is 0.202 e. The maximum atomic E-state index is 13.8. The molecule has 6 atom stereocenters. The van der Waals surface area contributed by atoms with Gasteiger partial charge in [0.05, 0.1) is 55.3 Å². The molecule has 236 valence electrons. The number of ether oxygens (including phenoxy) is 4. The van der Waals surface area contributed by atoms with Crippen molar-refractivity contribution in [3.63, 3.8) is 0 Å². The van der Waals surface area contributed by atoms with E-state index >= 15 is 0 Å². The number of nitrogens with zero attached hydrogens (tertiary/aromatic N) is 1. The number of hydrogen-bond donors (Lipinski definition) is 5. The summed E-state index contributed by atoms with van der Waals surface area (Å²) in [6, 6.07) is 4.04. The van der Waals surface area contributed by atoms with Gasteiger partial charge in [-0.15, -0.1) is 0 Å². The van der Waals surface area contributed by atoms with Crippen molar-refractivity contribution in [3.8, 4) is 17.2 Å². The Morgan fingerprint density at radius 1 is 1.09 bits per heavy atom. The number of Topliss-reactive ketones (excluding diaryl/α,β-unsaturated/α-hetero) is 1. The van der Waals surface area contributed by atoms with Crippen molar-refractivity contribution in [1.82, 2.24) is 4.90 Å². The molecule has 2 aromatic carbocycles. The van der Waals surface area contributed by atoms with E-state index in [-0.39, 0.29) is 40.5 Å². The highest BCUT2D eigenvalue weighted by atomic mass is 16.7. The van der Waals surface area contributed by atoms with Gasteiger partial charge in [-0.3, -0.25) is 19.3 Å². The largest absolute Gasteiger partial charge is 0.507 e. The minimum absolute atomic E-state index is 0.0425. The summed E-state index contributed by atoms with van der Waals surface area (Å²) in [6.07, 6.45) is -4.66. The van der Waals surface area contributed by atoms with Gasteiger partial charge in [-0.1, -0.05) is 12.1 Å². The summed E-state index contributed by atoms with van der Waals surface area (Å²) in [7, 11) is 1.34. The first kappa shape index (κ1) is 30.6. The molecule has 5 N–H and O–H groups in total. The van der Waals surface area contributed by atoms with Crippen LogP contribution in [0.4, 0.5) is 0 Å². The third-order valence-corrected chi connectivity index (χ3v) is 9.24. The molecule has 6 rings (SSSR count). The monoisotopic (exact) mass is 613 g/mol. The number of benzene rings is 2. The van der Waals surface area contributed by atoms with Crippen LogP contribution in [-0.2, 0) is 25.4 Å². The molecule has 0 bridgehead atoms. The van der Waals surface area contributed by atoms with Gasteiger partial charge in [0, 0.05) is 55.1 Å². The standard InChI is InChI=1S/C31H35NO12/c1-14-26(35)17(32-6-8-42-9-7-32)10-21(43-14)44-19-12-31(40,20(34)13-33)11-16-23(19)30(39)25-24(28(16)37)27(36)15-4-3-5-18(41-2)22(15)29(25)38/h3-5,14,17,19,21,26,33,35,37,39-40H,6-13H2,1-2H3/t14-,17-,19-,21?,26?,31-/m0/s1. The lowest BCUT2D eigenvalue weighted by atomic mass is 9.72. The van der Waals surface area contributed by atoms with Crippen LogP contribution in [-0.4, -0.2) is 118 Å². The van der Waals surface area contributed by atoms with E-state index in [1.165, 1.54) is 25.3 Å². The molecule has 0 aromatic heterocycles. The van der Waals surface area contributed by atoms with E-state index < -0.39 is 89.6 Å². The van der Waals surface area contributed by atoms with Crippen molar-refractivity contribution < 1.29 is 58.9 Å². The molecule has 2 aromatic rings. The van der Waals surface area contributed by atoms with Crippen LogP contribution in [0.1, 0.15) is 68.8 Å². The van der Waals surface area contributed by atoms with Gasteiger partial charge in [0.25, 0.3) is 0 Å². The fourth-order valence-corrected chi connectivity index (χ4v) is 6.96. The Kier molecular flexibility index (Phi) is 7.99. The Hall–Kier alpha value is -3.43. The summed E-state index contributed by atoms with van der Waals surface area (Å²) in [5, 5.41) is 55.2. The third kappa shape index (κ3) is 4.79. The van der Waals surface area contributed by atoms with Crippen LogP contribution >= 0.6 is 0 Å². The van der Waals surface area contributed by atoms with Crippen LogP contribution in [0.25, 0.3) is 0 Å². The first-order valence-corrected chi connectivity index (χ1v) is 14.5. The van der Waals surface area contributed by atoms with Gasteiger partial charge in [-0.2, -0.15) is 0 Å². The summed E-state index contributed by atoms with van der Waals surface area (Å²) < 4.78 is 23.0. The van der Waals surface area contributed by atoms with Crippen molar-refractivity contribution in [2.24, 2.45) is 0 Å². The zero-order chi connectivity index (χ0) is 31.5. The predicted octanol–water partition coefficient (Wildman–Crippen LogP) is 0.375. The SMILES string of the molecule is COc1cccc2c1C(=O)c1c(O)c3c(c(O)c1C2=O)C[C@@](O)(C(=O)CO)C[C@@H]3OC1C[C@H](N2CCOCC2)C(O)[C@H](C)O1. The lowest BCUT2D eigenvalue weighted by molar-refractivity contribution is -0.260. The zero-order valence-corrected chi connectivity index (χ0v) is 24.3. The number of phenols is 2. The van der Waals surface area contributed by atoms with Crippen molar-refractivity contribution in [2.45, 2.75) is 62.4 Å². The van der Waals surface area contributed by atoms with E-state index in [0.29, 0.717) is 26.3 Å². The molecule has 0 saturated carbocycles. The topological polar surface area (TPSA) is 193 Å². The zero-order valence-electron chi connectivity index (χ0n) is 24.3. The van der Waals surface area contributed by atoms with Gasteiger partial charge >= 0.3 is 0 Å². The minimum Gasteiger partial charge on any atom is -0.507 e. The van der Waals surface area contributed by atoms with E-state index in [1.54, 1.807) is 6.92 Å². The average molecular weight is 614 g/mol. The Labute approximate surface area is 252 Å². The van der Waals surface area contributed by atoms with Crippen LogP contribution in [0.2, 0.25) is 0 Å². The van der Waals surface area contributed by atoms with Gasteiger partial charge in [-0.25, -0.2) is 0 Å². The molecule has 2 saturated heterocycles. The molecular formula is C31H35NO12. The number of aromatic hydroxyl groups is 2. The average Bonchev–Trinajstić information content (AvgIpc) is 3.02. The highest BCUT2D eigenvalue weighted by Gasteiger charge is 2.50. The number of hydrogen-bond acceptors (Lipinski definition) is 13. The highest BCUT2D eigenvalue weighted by Crippen LogP contribution is 2.52. The van der Waals surface area contributed by atoms with E-state index in [2.05, 4.69) is 4.90 Å². The molecule has 2 unspecified atom stereocenters. The first-order chi connectivity index (χ1) is 21.0. The van der Waals surface area contributed by atoms with Crippen LogP contribution in [0.15, 0.2) is 18.2 Å². The maximum absolute atomic E-state index is 13.8. The second-order valence-corrected chi connectivity index (χ2v) is 11.7.